The Balaban J connectivity index is 1.57. The van der Waals surface area contributed by atoms with Crippen LogP contribution >= 0.6 is 23.4 Å². The second-order valence-corrected chi connectivity index (χ2v) is 8.79. The van der Waals surface area contributed by atoms with Crippen LogP contribution in [0.1, 0.15) is 16.7 Å². The van der Waals surface area contributed by atoms with Crippen molar-refractivity contribution in [2.75, 3.05) is 11.1 Å². The molecule has 4 aromatic rings. The summed E-state index contributed by atoms with van der Waals surface area (Å²) in [7, 11) is 0. The average Bonchev–Trinajstić information content (AvgIpc) is 3.18. The van der Waals surface area contributed by atoms with Gasteiger partial charge in [0.2, 0.25) is 5.91 Å². The largest absolute Gasteiger partial charge is 0.325 e. The molecule has 1 heterocycles. The lowest BCUT2D eigenvalue weighted by molar-refractivity contribution is -0.113. The van der Waals surface area contributed by atoms with Crippen LogP contribution in [0, 0.1) is 13.8 Å². The summed E-state index contributed by atoms with van der Waals surface area (Å²) < 4.78 is 2.01. The van der Waals surface area contributed by atoms with Crippen LogP contribution < -0.4 is 5.32 Å². The fourth-order valence-electron chi connectivity index (χ4n) is 3.35. The van der Waals surface area contributed by atoms with Gasteiger partial charge in [-0.1, -0.05) is 78.0 Å². The summed E-state index contributed by atoms with van der Waals surface area (Å²) in [5.74, 6) is 0.817. The number of carbonyl (C=O) groups is 1. The third-order valence-electron chi connectivity index (χ3n) is 5.23. The number of benzene rings is 3. The molecule has 0 aliphatic heterocycles. The Bertz CT molecular complexity index is 1240. The first-order valence-electron chi connectivity index (χ1n) is 10.2. The summed E-state index contributed by atoms with van der Waals surface area (Å²) in [6, 6.07) is 23.5. The van der Waals surface area contributed by atoms with Crippen molar-refractivity contribution in [3.05, 3.63) is 94.5 Å². The van der Waals surface area contributed by atoms with Gasteiger partial charge in [0.05, 0.1) is 17.3 Å². The summed E-state index contributed by atoms with van der Waals surface area (Å²) >= 11 is 7.80. The third-order valence-corrected chi connectivity index (χ3v) is 6.52. The first-order chi connectivity index (χ1) is 15.5. The standard InChI is InChI=1S/C25H23ClN4OS/c1-17-9-8-14-22(18(17)2)27-23(31)16-32-25-29-28-24(20-12-6-7-13-21(20)26)30(25)15-19-10-4-3-5-11-19/h3-14H,15-16H2,1-2H3,(H,27,31). The van der Waals surface area contributed by atoms with Gasteiger partial charge in [-0.2, -0.15) is 0 Å². The second kappa shape index (κ2) is 10.0. The minimum absolute atomic E-state index is 0.0859. The van der Waals surface area contributed by atoms with E-state index in [9.17, 15) is 4.79 Å². The van der Waals surface area contributed by atoms with Gasteiger partial charge in [-0.15, -0.1) is 10.2 Å². The third kappa shape index (κ3) is 5.03. The van der Waals surface area contributed by atoms with E-state index in [1.165, 1.54) is 11.8 Å². The molecule has 4 rings (SSSR count). The van der Waals surface area contributed by atoms with Crippen LogP contribution in [0.25, 0.3) is 11.4 Å². The van der Waals surface area contributed by atoms with E-state index in [0.717, 1.165) is 27.9 Å². The van der Waals surface area contributed by atoms with E-state index >= 15 is 0 Å². The molecule has 162 valence electrons. The molecule has 0 aliphatic rings. The highest BCUT2D eigenvalue weighted by Crippen LogP contribution is 2.30. The summed E-state index contributed by atoms with van der Waals surface area (Å²) in [5.41, 5.74) is 4.96. The number of carbonyl (C=O) groups excluding carboxylic acids is 1. The fourth-order valence-corrected chi connectivity index (χ4v) is 4.31. The molecule has 0 atom stereocenters. The molecule has 1 N–H and O–H groups in total. The lowest BCUT2D eigenvalue weighted by atomic mass is 10.1. The SMILES string of the molecule is Cc1cccc(NC(=O)CSc2nnc(-c3ccccc3Cl)n2Cc2ccccc2)c1C. The number of aromatic nitrogens is 3. The van der Waals surface area contributed by atoms with Crippen molar-refractivity contribution in [2.24, 2.45) is 0 Å². The molecule has 3 aromatic carbocycles. The van der Waals surface area contributed by atoms with Crippen molar-refractivity contribution in [1.29, 1.82) is 0 Å². The number of anilines is 1. The van der Waals surface area contributed by atoms with E-state index in [2.05, 4.69) is 27.6 Å². The van der Waals surface area contributed by atoms with E-state index < -0.39 is 0 Å². The molecule has 5 nitrogen and oxygen atoms in total. The topological polar surface area (TPSA) is 59.8 Å². The molecule has 0 bridgehead atoms. The molecule has 0 unspecified atom stereocenters. The van der Waals surface area contributed by atoms with Crippen molar-refractivity contribution >= 4 is 35.0 Å². The maximum atomic E-state index is 12.6. The number of halogens is 1. The highest BCUT2D eigenvalue weighted by Gasteiger charge is 2.18. The normalized spacial score (nSPS) is 10.8. The Morgan fingerprint density at radius 3 is 2.50 bits per heavy atom. The van der Waals surface area contributed by atoms with Crippen LogP contribution in [0.5, 0.6) is 0 Å². The Morgan fingerprint density at radius 2 is 1.72 bits per heavy atom. The van der Waals surface area contributed by atoms with E-state index in [4.69, 9.17) is 11.6 Å². The Hall–Kier alpha value is -3.09. The Labute approximate surface area is 196 Å². The molecular formula is C25H23ClN4OS. The lowest BCUT2D eigenvalue weighted by Gasteiger charge is -2.12. The monoisotopic (exact) mass is 462 g/mol. The number of thioether (sulfide) groups is 1. The molecule has 0 saturated carbocycles. The summed E-state index contributed by atoms with van der Waals surface area (Å²) in [6.45, 7) is 4.61. The number of nitrogens with one attached hydrogen (secondary N) is 1. The Kier molecular flexibility index (Phi) is 6.93. The number of aryl methyl sites for hydroxylation is 1. The van der Waals surface area contributed by atoms with Crippen LogP contribution in [-0.4, -0.2) is 26.4 Å². The van der Waals surface area contributed by atoms with Gasteiger partial charge < -0.3 is 5.32 Å². The predicted molar refractivity (Wildman–Crippen MR) is 131 cm³/mol. The fraction of sp³-hybridized carbons (Fsp3) is 0.160. The summed E-state index contributed by atoms with van der Waals surface area (Å²) in [6.07, 6.45) is 0. The van der Waals surface area contributed by atoms with Crippen LogP contribution in [0.3, 0.4) is 0 Å². The van der Waals surface area contributed by atoms with Gasteiger partial charge in [0.25, 0.3) is 0 Å². The smallest absolute Gasteiger partial charge is 0.234 e. The zero-order valence-corrected chi connectivity index (χ0v) is 19.5. The highest BCUT2D eigenvalue weighted by molar-refractivity contribution is 7.99. The molecule has 0 spiro atoms. The minimum Gasteiger partial charge on any atom is -0.325 e. The molecule has 7 heteroatoms. The van der Waals surface area contributed by atoms with E-state index in [0.29, 0.717) is 22.5 Å². The second-order valence-electron chi connectivity index (χ2n) is 7.44. The van der Waals surface area contributed by atoms with Gasteiger partial charge in [0.1, 0.15) is 0 Å². The molecule has 32 heavy (non-hydrogen) atoms. The van der Waals surface area contributed by atoms with Crippen molar-refractivity contribution in [3.63, 3.8) is 0 Å². The molecule has 0 aliphatic carbocycles. The van der Waals surface area contributed by atoms with E-state index in [1.54, 1.807) is 0 Å². The zero-order chi connectivity index (χ0) is 22.5. The molecule has 1 amide bonds. The van der Waals surface area contributed by atoms with Gasteiger partial charge in [-0.25, -0.2) is 0 Å². The van der Waals surface area contributed by atoms with Gasteiger partial charge in [0, 0.05) is 11.3 Å². The van der Waals surface area contributed by atoms with Crippen LogP contribution in [0.4, 0.5) is 5.69 Å². The Morgan fingerprint density at radius 1 is 0.969 bits per heavy atom. The van der Waals surface area contributed by atoms with Gasteiger partial charge >= 0.3 is 0 Å². The lowest BCUT2D eigenvalue weighted by Crippen LogP contribution is -2.15. The van der Waals surface area contributed by atoms with Crippen molar-refractivity contribution in [3.8, 4) is 11.4 Å². The predicted octanol–water partition coefficient (Wildman–Crippen LogP) is 5.99. The van der Waals surface area contributed by atoms with Gasteiger partial charge in [-0.3, -0.25) is 9.36 Å². The number of hydrogen-bond donors (Lipinski definition) is 1. The molecule has 1 aromatic heterocycles. The van der Waals surface area contributed by atoms with Crippen LogP contribution in [0.15, 0.2) is 78.0 Å². The number of rotatable bonds is 7. The number of hydrogen-bond acceptors (Lipinski definition) is 4. The van der Waals surface area contributed by atoms with E-state index in [1.807, 2.05) is 79.1 Å². The van der Waals surface area contributed by atoms with Crippen LogP contribution in [0.2, 0.25) is 5.02 Å². The molecule has 0 radical (unpaired) electrons. The quantitative estimate of drug-likeness (QED) is 0.342. The number of nitrogens with zero attached hydrogens (tertiary/aromatic N) is 3. The maximum absolute atomic E-state index is 12.6. The highest BCUT2D eigenvalue weighted by atomic mass is 35.5. The van der Waals surface area contributed by atoms with E-state index in [-0.39, 0.29) is 11.7 Å². The van der Waals surface area contributed by atoms with Crippen molar-refractivity contribution < 1.29 is 4.79 Å². The van der Waals surface area contributed by atoms with Gasteiger partial charge in [-0.05, 0) is 48.7 Å². The minimum atomic E-state index is -0.0859. The van der Waals surface area contributed by atoms with Crippen LogP contribution in [-0.2, 0) is 11.3 Å². The molecule has 0 saturated heterocycles. The summed E-state index contributed by atoms with van der Waals surface area (Å²) in [5, 5.41) is 13.1. The zero-order valence-electron chi connectivity index (χ0n) is 17.9. The first kappa shape index (κ1) is 22.1. The number of amides is 1. The average molecular weight is 463 g/mol. The van der Waals surface area contributed by atoms with Crippen molar-refractivity contribution in [1.82, 2.24) is 14.8 Å². The maximum Gasteiger partial charge on any atom is 0.234 e. The first-order valence-corrected chi connectivity index (χ1v) is 11.6. The van der Waals surface area contributed by atoms with Crippen molar-refractivity contribution in [2.45, 2.75) is 25.5 Å². The molecule has 0 fully saturated rings. The summed E-state index contributed by atoms with van der Waals surface area (Å²) in [4.78, 5) is 12.6. The van der Waals surface area contributed by atoms with Gasteiger partial charge in [0.15, 0.2) is 11.0 Å². The molecular weight excluding hydrogens is 440 g/mol.